The summed E-state index contributed by atoms with van der Waals surface area (Å²) in [7, 11) is 0. The normalized spacial score (nSPS) is 9.89. The molecule has 19 heavy (non-hydrogen) atoms. The number of nitrogens with zero attached hydrogens (tertiary/aromatic N) is 1. The van der Waals surface area contributed by atoms with Gasteiger partial charge in [0.2, 0.25) is 11.8 Å². The molecule has 0 aromatic carbocycles. The number of carbonyl (C=O) groups excluding carboxylic acids is 2. The summed E-state index contributed by atoms with van der Waals surface area (Å²) in [6, 6.07) is 1.32. The Labute approximate surface area is 113 Å². The van der Waals surface area contributed by atoms with Crippen LogP contribution in [0.25, 0.3) is 0 Å². The highest BCUT2D eigenvalue weighted by molar-refractivity contribution is 7.99. The van der Waals surface area contributed by atoms with Crippen molar-refractivity contribution in [2.75, 3.05) is 16.8 Å². The third-order valence-electron chi connectivity index (χ3n) is 1.99. The molecule has 1 rings (SSSR count). The van der Waals surface area contributed by atoms with E-state index in [1.165, 1.54) is 30.2 Å². The van der Waals surface area contributed by atoms with Crippen molar-refractivity contribution in [2.45, 2.75) is 6.42 Å². The Bertz CT molecular complexity index is 493. The number of nitrogens with one attached hydrogen (secondary N) is 1. The van der Waals surface area contributed by atoms with Gasteiger partial charge in [0.25, 0.3) is 0 Å². The number of hydrogen-bond donors (Lipinski definition) is 3. The highest BCUT2D eigenvalue weighted by Gasteiger charge is 2.07. The number of aromatic carboxylic acids is 1. The lowest BCUT2D eigenvalue weighted by Crippen LogP contribution is -2.16. The molecule has 8 heteroatoms. The van der Waals surface area contributed by atoms with E-state index < -0.39 is 11.9 Å². The van der Waals surface area contributed by atoms with Crippen LogP contribution in [0.15, 0.2) is 18.5 Å². The highest BCUT2D eigenvalue weighted by Crippen LogP contribution is 2.09. The van der Waals surface area contributed by atoms with Gasteiger partial charge in [-0.3, -0.25) is 14.6 Å². The van der Waals surface area contributed by atoms with Crippen LogP contribution in [-0.2, 0) is 9.59 Å². The zero-order valence-corrected chi connectivity index (χ0v) is 10.8. The second-order valence-electron chi connectivity index (χ2n) is 3.58. The first kappa shape index (κ1) is 15.0. The summed E-state index contributed by atoms with van der Waals surface area (Å²) < 4.78 is 0. The largest absolute Gasteiger partial charge is 0.478 e. The van der Waals surface area contributed by atoms with E-state index in [0.717, 1.165) is 0 Å². The van der Waals surface area contributed by atoms with Gasteiger partial charge in [0, 0.05) is 18.4 Å². The summed E-state index contributed by atoms with van der Waals surface area (Å²) in [6.07, 6.45) is 2.76. The number of hydrogen-bond acceptors (Lipinski definition) is 5. The fourth-order valence-corrected chi connectivity index (χ4v) is 1.86. The number of primary amides is 1. The Balaban J connectivity index is 2.42. The number of nitrogens with two attached hydrogens (primary N) is 1. The lowest BCUT2D eigenvalue weighted by molar-refractivity contribution is -0.116. The van der Waals surface area contributed by atoms with Crippen molar-refractivity contribution in [1.29, 1.82) is 0 Å². The number of carboxylic acids is 1. The predicted molar refractivity (Wildman–Crippen MR) is 71.0 cm³/mol. The minimum atomic E-state index is -1.11. The van der Waals surface area contributed by atoms with Crippen LogP contribution in [0.1, 0.15) is 16.8 Å². The maximum atomic E-state index is 11.5. The smallest absolute Gasteiger partial charge is 0.337 e. The molecule has 2 amide bonds. The molecule has 0 radical (unpaired) electrons. The minimum absolute atomic E-state index is 0.000837. The minimum Gasteiger partial charge on any atom is -0.478 e. The molecule has 0 saturated carbocycles. The number of thioether (sulfide) groups is 1. The van der Waals surface area contributed by atoms with Gasteiger partial charge >= 0.3 is 5.97 Å². The number of amides is 2. The lowest BCUT2D eigenvalue weighted by Gasteiger charge is -2.05. The van der Waals surface area contributed by atoms with Crippen LogP contribution in [-0.4, -0.2) is 39.4 Å². The molecule has 1 heterocycles. The molecule has 0 fully saturated rings. The number of anilines is 1. The van der Waals surface area contributed by atoms with Gasteiger partial charge in [-0.15, -0.1) is 0 Å². The number of pyridine rings is 1. The molecule has 0 unspecified atom stereocenters. The molecular formula is C11H13N3O4S. The highest BCUT2D eigenvalue weighted by atomic mass is 32.2. The van der Waals surface area contributed by atoms with E-state index in [1.54, 1.807) is 0 Å². The van der Waals surface area contributed by atoms with Crippen molar-refractivity contribution in [1.82, 2.24) is 4.98 Å². The van der Waals surface area contributed by atoms with E-state index in [-0.39, 0.29) is 23.6 Å². The van der Waals surface area contributed by atoms with Crippen LogP contribution < -0.4 is 11.1 Å². The Morgan fingerprint density at radius 3 is 2.74 bits per heavy atom. The van der Waals surface area contributed by atoms with Crippen molar-refractivity contribution < 1.29 is 19.5 Å². The van der Waals surface area contributed by atoms with Crippen LogP contribution in [0.3, 0.4) is 0 Å². The molecule has 0 aliphatic carbocycles. The van der Waals surface area contributed by atoms with Crippen molar-refractivity contribution in [2.24, 2.45) is 5.73 Å². The van der Waals surface area contributed by atoms with Crippen molar-refractivity contribution in [3.8, 4) is 0 Å². The third kappa shape index (κ3) is 5.87. The standard InChI is InChI=1S/C11H13N3O4S/c12-9(15)6-19-2-1-10(16)14-8-3-7(11(17)18)4-13-5-8/h3-5H,1-2,6H2,(H2,12,15)(H,14,16)(H,17,18). The van der Waals surface area contributed by atoms with Crippen molar-refractivity contribution in [3.63, 3.8) is 0 Å². The van der Waals surface area contributed by atoms with Crippen LogP contribution in [0.2, 0.25) is 0 Å². The van der Waals surface area contributed by atoms with E-state index in [9.17, 15) is 14.4 Å². The second-order valence-corrected chi connectivity index (χ2v) is 4.69. The van der Waals surface area contributed by atoms with Gasteiger partial charge in [-0.2, -0.15) is 11.8 Å². The van der Waals surface area contributed by atoms with Gasteiger partial charge in [0.15, 0.2) is 0 Å². The van der Waals surface area contributed by atoms with E-state index in [0.29, 0.717) is 11.4 Å². The third-order valence-corrected chi connectivity index (χ3v) is 2.97. The molecule has 1 aromatic rings. The molecule has 102 valence electrons. The molecule has 4 N–H and O–H groups in total. The number of carboxylic acid groups (broad SMARTS) is 1. The maximum absolute atomic E-state index is 11.5. The topological polar surface area (TPSA) is 122 Å². The SMILES string of the molecule is NC(=O)CSCCC(=O)Nc1cncc(C(=O)O)c1. The summed E-state index contributed by atoms with van der Waals surface area (Å²) in [6.45, 7) is 0. The van der Waals surface area contributed by atoms with E-state index in [2.05, 4.69) is 10.3 Å². The quantitative estimate of drug-likeness (QED) is 0.620. The monoisotopic (exact) mass is 283 g/mol. The van der Waals surface area contributed by atoms with Crippen LogP contribution >= 0.6 is 11.8 Å². The first-order chi connectivity index (χ1) is 8.99. The molecule has 0 atom stereocenters. The molecule has 7 nitrogen and oxygen atoms in total. The number of carbonyl (C=O) groups is 3. The summed E-state index contributed by atoms with van der Waals surface area (Å²) in [4.78, 5) is 36.4. The van der Waals surface area contributed by atoms with Gasteiger partial charge in [-0.1, -0.05) is 0 Å². The van der Waals surface area contributed by atoms with Crippen LogP contribution in [0.4, 0.5) is 5.69 Å². The molecule has 0 aliphatic rings. The van der Waals surface area contributed by atoms with Crippen molar-refractivity contribution >= 4 is 35.2 Å². The lowest BCUT2D eigenvalue weighted by atomic mass is 10.2. The first-order valence-electron chi connectivity index (χ1n) is 5.33. The molecular weight excluding hydrogens is 270 g/mol. The zero-order chi connectivity index (χ0) is 14.3. The summed E-state index contributed by atoms with van der Waals surface area (Å²) in [5.41, 5.74) is 5.28. The van der Waals surface area contributed by atoms with Gasteiger partial charge in [0.1, 0.15) is 0 Å². The zero-order valence-electron chi connectivity index (χ0n) is 9.96. The van der Waals surface area contributed by atoms with Crippen LogP contribution in [0.5, 0.6) is 0 Å². The van der Waals surface area contributed by atoms with E-state index in [1.807, 2.05) is 0 Å². The maximum Gasteiger partial charge on any atom is 0.337 e. The molecule has 0 aliphatic heterocycles. The fraction of sp³-hybridized carbons (Fsp3) is 0.273. The van der Waals surface area contributed by atoms with E-state index >= 15 is 0 Å². The van der Waals surface area contributed by atoms with Crippen LogP contribution in [0, 0.1) is 0 Å². The fourth-order valence-electron chi connectivity index (χ4n) is 1.19. The van der Waals surface area contributed by atoms with Gasteiger partial charge in [-0.05, 0) is 6.07 Å². The molecule has 1 aromatic heterocycles. The van der Waals surface area contributed by atoms with Gasteiger partial charge < -0.3 is 16.2 Å². The Morgan fingerprint density at radius 2 is 2.11 bits per heavy atom. The molecule has 0 bridgehead atoms. The van der Waals surface area contributed by atoms with Gasteiger partial charge in [-0.25, -0.2) is 4.79 Å². The first-order valence-corrected chi connectivity index (χ1v) is 6.48. The summed E-state index contributed by atoms with van der Waals surface area (Å²) in [5, 5.41) is 11.3. The molecule has 0 spiro atoms. The summed E-state index contributed by atoms with van der Waals surface area (Å²) >= 11 is 1.26. The Morgan fingerprint density at radius 1 is 1.37 bits per heavy atom. The number of rotatable bonds is 7. The number of aromatic nitrogens is 1. The van der Waals surface area contributed by atoms with Crippen molar-refractivity contribution in [3.05, 3.63) is 24.0 Å². The summed E-state index contributed by atoms with van der Waals surface area (Å²) in [5.74, 6) is -1.19. The van der Waals surface area contributed by atoms with E-state index in [4.69, 9.17) is 10.8 Å². The van der Waals surface area contributed by atoms with Gasteiger partial charge in [0.05, 0.1) is 23.2 Å². The predicted octanol–water partition coefficient (Wildman–Crippen LogP) is 0.327. The Hall–Kier alpha value is -2.09. The molecule has 0 saturated heterocycles. The average molecular weight is 283 g/mol. The average Bonchev–Trinajstić information content (AvgIpc) is 2.34. The Kier molecular flexibility index (Phi) is 5.80. The second kappa shape index (κ2) is 7.37.